The smallest absolute Gasteiger partial charge is 0.545 e. The van der Waals surface area contributed by atoms with E-state index in [-0.39, 0.29) is 56.8 Å². The van der Waals surface area contributed by atoms with Crippen molar-refractivity contribution in [3.63, 3.8) is 0 Å². The van der Waals surface area contributed by atoms with Crippen molar-refractivity contribution in [2.45, 2.75) is 31.6 Å². The fraction of sp³-hybridized carbons (Fsp3) is 0.625. The molecule has 0 radical (unpaired) electrons. The van der Waals surface area contributed by atoms with Gasteiger partial charge < -0.3 is 9.90 Å². The molecule has 0 saturated heterocycles. The van der Waals surface area contributed by atoms with Crippen molar-refractivity contribution >= 4 is 17.6 Å². The summed E-state index contributed by atoms with van der Waals surface area (Å²) in [5, 5.41) is 9.95. The molecule has 0 fully saturated rings. The fourth-order valence-electron chi connectivity index (χ4n) is 0.743. The van der Waals surface area contributed by atoms with Gasteiger partial charge in [0.25, 0.3) is 0 Å². The van der Waals surface area contributed by atoms with Crippen LogP contribution in [0.3, 0.4) is 0 Å². The van der Waals surface area contributed by atoms with E-state index in [1.54, 1.807) is 0 Å². The van der Waals surface area contributed by atoms with Crippen molar-refractivity contribution < 1.29 is 61.3 Å². The monoisotopic (exact) mass is 214 g/mol. The van der Waals surface area contributed by atoms with Crippen molar-refractivity contribution in [1.82, 2.24) is 0 Å². The molecule has 0 saturated carbocycles. The zero-order valence-electron chi connectivity index (χ0n) is 7.55. The van der Waals surface area contributed by atoms with Crippen LogP contribution in [0, 0.1) is 0 Å². The van der Waals surface area contributed by atoms with Crippen LogP contribution in [0.4, 0.5) is 0 Å². The van der Waals surface area contributed by atoms with Crippen LogP contribution >= 0.6 is 11.6 Å². The maximum atomic E-state index is 9.90. The van der Waals surface area contributed by atoms with E-state index in [2.05, 4.69) is 0 Å². The summed E-state index contributed by atoms with van der Waals surface area (Å²) in [6, 6.07) is 0. The topological polar surface area (TPSA) is 40.1 Å². The van der Waals surface area contributed by atoms with Crippen LogP contribution in [0.5, 0.6) is 0 Å². The van der Waals surface area contributed by atoms with Gasteiger partial charge in [-0.3, -0.25) is 0 Å². The van der Waals surface area contributed by atoms with Crippen molar-refractivity contribution in [2.75, 3.05) is 0 Å². The van der Waals surface area contributed by atoms with E-state index in [1.807, 2.05) is 6.92 Å². The summed E-state index contributed by atoms with van der Waals surface area (Å²) in [4.78, 5) is 9.90. The fourth-order valence-corrected chi connectivity index (χ4v) is 1.06. The van der Waals surface area contributed by atoms with Gasteiger partial charge in [0, 0.05) is 5.38 Å². The molecular weight excluding hydrogens is 203 g/mol. The van der Waals surface area contributed by atoms with Crippen LogP contribution in [-0.2, 0) is 4.79 Å². The van der Waals surface area contributed by atoms with Crippen LogP contribution in [0.1, 0.15) is 26.2 Å². The maximum absolute atomic E-state index is 9.90. The molecule has 1 unspecified atom stereocenters. The standard InChI is InChI=1S/C8H13ClO2.K/c1-2-4-7(9)5-3-6-8(10)11;/h3,6-7H,2,4-5H2,1H3,(H,10,11);/q;+1/p-1/b6-3+;. The van der Waals surface area contributed by atoms with Crippen molar-refractivity contribution in [3.8, 4) is 0 Å². The number of hydrogen-bond acceptors (Lipinski definition) is 2. The van der Waals surface area contributed by atoms with Crippen LogP contribution in [0.25, 0.3) is 0 Å². The van der Waals surface area contributed by atoms with Gasteiger partial charge in [-0.05, 0) is 18.9 Å². The average molecular weight is 215 g/mol. The summed E-state index contributed by atoms with van der Waals surface area (Å²) < 4.78 is 0. The third-order valence-corrected chi connectivity index (χ3v) is 1.64. The summed E-state index contributed by atoms with van der Waals surface area (Å²) in [5.41, 5.74) is 0. The molecule has 64 valence electrons. The molecule has 0 N–H and O–H groups in total. The molecule has 0 aromatic rings. The van der Waals surface area contributed by atoms with Gasteiger partial charge in [0.15, 0.2) is 0 Å². The minimum Gasteiger partial charge on any atom is -0.545 e. The van der Waals surface area contributed by atoms with Gasteiger partial charge in [0.05, 0.1) is 5.97 Å². The molecule has 0 bridgehead atoms. The average Bonchev–Trinajstić information content (AvgIpc) is 1.87. The summed E-state index contributed by atoms with van der Waals surface area (Å²) >= 11 is 5.80. The van der Waals surface area contributed by atoms with Crippen molar-refractivity contribution in [2.24, 2.45) is 0 Å². The maximum Gasteiger partial charge on any atom is 1.00 e. The molecule has 4 heteroatoms. The molecule has 0 rings (SSSR count). The second kappa shape index (κ2) is 10.2. The van der Waals surface area contributed by atoms with Crippen LogP contribution in [-0.4, -0.2) is 11.3 Å². The van der Waals surface area contributed by atoms with E-state index in [1.165, 1.54) is 6.08 Å². The van der Waals surface area contributed by atoms with E-state index in [4.69, 9.17) is 11.6 Å². The number of carboxylic acids is 1. The first-order chi connectivity index (χ1) is 5.16. The van der Waals surface area contributed by atoms with Crippen molar-refractivity contribution in [1.29, 1.82) is 0 Å². The molecule has 0 aromatic carbocycles. The van der Waals surface area contributed by atoms with Crippen LogP contribution in [0.2, 0.25) is 0 Å². The Balaban J connectivity index is 0. The second-order valence-corrected chi connectivity index (χ2v) is 2.96. The zero-order valence-corrected chi connectivity index (χ0v) is 11.4. The molecule has 1 atom stereocenters. The summed E-state index contributed by atoms with van der Waals surface area (Å²) in [5.74, 6) is -1.16. The van der Waals surface area contributed by atoms with Gasteiger partial charge in [-0.2, -0.15) is 0 Å². The number of halogens is 1. The number of alkyl halides is 1. The molecule has 0 amide bonds. The Bertz CT molecular complexity index is 148. The molecule has 0 aliphatic carbocycles. The van der Waals surface area contributed by atoms with E-state index in [0.29, 0.717) is 6.42 Å². The Kier molecular flexibility index (Phi) is 13.3. The SMILES string of the molecule is CCCC(Cl)C/C=C/C(=O)[O-].[K+]. The van der Waals surface area contributed by atoms with E-state index < -0.39 is 5.97 Å². The van der Waals surface area contributed by atoms with Gasteiger partial charge in [-0.1, -0.05) is 19.4 Å². The number of aliphatic carboxylic acids is 1. The molecule has 0 spiro atoms. The number of rotatable bonds is 5. The minimum atomic E-state index is -1.16. The number of carbonyl (C=O) groups excluding carboxylic acids is 1. The zero-order chi connectivity index (χ0) is 8.69. The van der Waals surface area contributed by atoms with E-state index >= 15 is 0 Å². The van der Waals surface area contributed by atoms with Crippen LogP contribution < -0.4 is 56.5 Å². The molecule has 0 aromatic heterocycles. The Labute approximate surface area is 121 Å². The number of carboxylic acid groups (broad SMARTS) is 1. The molecule has 0 aliphatic heterocycles. The molecular formula is C8H12ClKO2. The number of carbonyl (C=O) groups is 1. The first kappa shape index (κ1) is 15.6. The van der Waals surface area contributed by atoms with Gasteiger partial charge in [0.2, 0.25) is 0 Å². The largest absolute Gasteiger partial charge is 1.00 e. The van der Waals surface area contributed by atoms with E-state index in [0.717, 1.165) is 18.9 Å². The van der Waals surface area contributed by atoms with Crippen LogP contribution in [0.15, 0.2) is 12.2 Å². The molecule has 0 aliphatic rings. The van der Waals surface area contributed by atoms with Gasteiger partial charge in [-0.15, -0.1) is 11.6 Å². The normalized spacial score (nSPS) is 12.5. The molecule has 12 heavy (non-hydrogen) atoms. The second-order valence-electron chi connectivity index (χ2n) is 2.34. The quantitative estimate of drug-likeness (QED) is 0.305. The van der Waals surface area contributed by atoms with Gasteiger partial charge >= 0.3 is 51.4 Å². The van der Waals surface area contributed by atoms with Gasteiger partial charge in [-0.25, -0.2) is 0 Å². The summed E-state index contributed by atoms with van der Waals surface area (Å²) in [6.45, 7) is 2.04. The third-order valence-electron chi connectivity index (χ3n) is 1.25. The minimum absolute atomic E-state index is 0. The Morgan fingerprint density at radius 2 is 2.25 bits per heavy atom. The Hall–Kier alpha value is 1.14. The van der Waals surface area contributed by atoms with Crippen molar-refractivity contribution in [3.05, 3.63) is 12.2 Å². The van der Waals surface area contributed by atoms with Gasteiger partial charge in [0.1, 0.15) is 0 Å². The Morgan fingerprint density at radius 3 is 2.67 bits per heavy atom. The predicted molar refractivity (Wildman–Crippen MR) is 43.3 cm³/mol. The number of allylic oxidation sites excluding steroid dienone is 1. The molecule has 0 heterocycles. The Morgan fingerprint density at radius 1 is 1.67 bits per heavy atom. The number of hydrogen-bond donors (Lipinski definition) is 0. The summed E-state index contributed by atoms with van der Waals surface area (Å²) in [7, 11) is 0. The molecule has 2 nitrogen and oxygen atoms in total. The third kappa shape index (κ3) is 11.1. The first-order valence-electron chi connectivity index (χ1n) is 3.68. The summed E-state index contributed by atoms with van der Waals surface area (Å²) in [6.07, 6.45) is 5.09. The predicted octanol–water partition coefficient (Wildman–Crippen LogP) is -1.91. The van der Waals surface area contributed by atoms with E-state index in [9.17, 15) is 9.90 Å². The first-order valence-corrected chi connectivity index (χ1v) is 4.12.